The number of hydrogen-bond donors (Lipinski definition) is 2. The lowest BCUT2D eigenvalue weighted by Crippen LogP contribution is -2.46. The Kier molecular flexibility index (Phi) is 3.11. The average Bonchev–Trinajstić information content (AvgIpc) is 2.41. The summed E-state index contributed by atoms with van der Waals surface area (Å²) in [4.78, 5) is 8.94. The zero-order chi connectivity index (χ0) is 12.4. The van der Waals surface area contributed by atoms with Crippen LogP contribution in [0.4, 0.5) is 5.95 Å². The van der Waals surface area contributed by atoms with E-state index in [4.69, 9.17) is 0 Å². The quantitative estimate of drug-likeness (QED) is 0.847. The third-order valence-electron chi connectivity index (χ3n) is 3.57. The van der Waals surface area contributed by atoms with Gasteiger partial charge in [-0.25, -0.2) is 9.97 Å². The number of fused-ring (bicyclic) bond motifs is 1. The zero-order valence-corrected chi connectivity index (χ0v) is 10.6. The minimum Gasteiger partial charge on any atom is -0.350 e. The molecule has 0 bridgehead atoms. The first-order chi connectivity index (χ1) is 8.83. The molecule has 1 aliphatic heterocycles. The van der Waals surface area contributed by atoms with Crippen molar-refractivity contribution in [2.75, 3.05) is 11.9 Å². The van der Waals surface area contributed by atoms with Crippen molar-refractivity contribution in [1.29, 1.82) is 0 Å². The van der Waals surface area contributed by atoms with E-state index in [1.807, 2.05) is 30.5 Å². The highest BCUT2D eigenvalue weighted by atomic mass is 15.1. The Hall–Kier alpha value is -1.68. The van der Waals surface area contributed by atoms with E-state index >= 15 is 0 Å². The molecule has 0 aliphatic carbocycles. The highest BCUT2D eigenvalue weighted by Crippen LogP contribution is 2.16. The molecule has 1 aromatic heterocycles. The van der Waals surface area contributed by atoms with E-state index < -0.39 is 0 Å². The Bertz CT molecular complexity index is 540. The number of para-hydroxylation sites is 1. The summed E-state index contributed by atoms with van der Waals surface area (Å²) in [6.45, 7) is 3.32. The number of nitrogens with one attached hydrogen (secondary N) is 2. The molecule has 94 valence electrons. The molecule has 2 aromatic rings. The number of nitrogens with zero attached hydrogens (tertiary/aromatic N) is 2. The van der Waals surface area contributed by atoms with Crippen molar-refractivity contribution < 1.29 is 0 Å². The van der Waals surface area contributed by atoms with Gasteiger partial charge in [-0.1, -0.05) is 18.2 Å². The molecule has 4 nitrogen and oxygen atoms in total. The maximum absolute atomic E-state index is 4.55. The third-order valence-corrected chi connectivity index (χ3v) is 3.57. The number of benzene rings is 1. The summed E-state index contributed by atoms with van der Waals surface area (Å²) in [6.07, 6.45) is 4.26. The fraction of sp³-hybridized carbons (Fsp3) is 0.429. The van der Waals surface area contributed by atoms with Crippen LogP contribution in [0, 0.1) is 0 Å². The van der Waals surface area contributed by atoms with Gasteiger partial charge in [-0.3, -0.25) is 0 Å². The van der Waals surface area contributed by atoms with E-state index in [2.05, 4.69) is 27.5 Å². The lowest BCUT2D eigenvalue weighted by Gasteiger charge is -2.30. The molecule has 2 atom stereocenters. The average molecular weight is 242 g/mol. The van der Waals surface area contributed by atoms with Crippen LogP contribution in [0.15, 0.2) is 30.5 Å². The van der Waals surface area contributed by atoms with Gasteiger partial charge < -0.3 is 10.6 Å². The van der Waals surface area contributed by atoms with Crippen LogP contribution in [0.3, 0.4) is 0 Å². The normalized spacial score (nSPS) is 24.1. The highest BCUT2D eigenvalue weighted by molar-refractivity contribution is 5.78. The van der Waals surface area contributed by atoms with Gasteiger partial charge in [0.2, 0.25) is 5.95 Å². The van der Waals surface area contributed by atoms with Gasteiger partial charge in [-0.05, 0) is 32.4 Å². The Morgan fingerprint density at radius 3 is 3.11 bits per heavy atom. The number of hydrogen-bond acceptors (Lipinski definition) is 4. The van der Waals surface area contributed by atoms with Crippen molar-refractivity contribution in [3.63, 3.8) is 0 Å². The Balaban J connectivity index is 1.81. The smallest absolute Gasteiger partial charge is 0.223 e. The number of piperidine rings is 1. The fourth-order valence-corrected chi connectivity index (χ4v) is 2.45. The number of rotatable bonds is 2. The summed E-state index contributed by atoms with van der Waals surface area (Å²) in [5, 5.41) is 7.99. The summed E-state index contributed by atoms with van der Waals surface area (Å²) < 4.78 is 0. The molecular weight excluding hydrogens is 224 g/mol. The molecule has 2 N–H and O–H groups in total. The van der Waals surface area contributed by atoms with Crippen LogP contribution in [0.5, 0.6) is 0 Å². The molecule has 1 saturated heterocycles. The second-order valence-electron chi connectivity index (χ2n) is 4.89. The second kappa shape index (κ2) is 4.90. The summed E-state index contributed by atoms with van der Waals surface area (Å²) >= 11 is 0. The number of anilines is 1. The minimum atomic E-state index is 0.417. The van der Waals surface area contributed by atoms with Crippen molar-refractivity contribution >= 4 is 16.9 Å². The minimum absolute atomic E-state index is 0.417. The van der Waals surface area contributed by atoms with E-state index in [1.165, 1.54) is 12.8 Å². The van der Waals surface area contributed by atoms with Gasteiger partial charge in [0.1, 0.15) is 0 Å². The predicted octanol–water partition coefficient (Wildman–Crippen LogP) is 2.18. The third kappa shape index (κ3) is 2.29. The molecule has 1 aromatic carbocycles. The molecule has 0 saturated carbocycles. The van der Waals surface area contributed by atoms with E-state index in [9.17, 15) is 0 Å². The Labute approximate surface area is 107 Å². The van der Waals surface area contributed by atoms with Crippen molar-refractivity contribution in [2.24, 2.45) is 0 Å². The Morgan fingerprint density at radius 1 is 1.33 bits per heavy atom. The molecule has 1 aliphatic rings. The summed E-state index contributed by atoms with van der Waals surface area (Å²) in [5.41, 5.74) is 0.992. The molecule has 0 radical (unpaired) electrons. The first-order valence-electron chi connectivity index (χ1n) is 6.54. The van der Waals surface area contributed by atoms with Crippen LogP contribution in [0.25, 0.3) is 10.9 Å². The molecule has 0 spiro atoms. The molecule has 1 fully saturated rings. The molecule has 2 unspecified atom stereocenters. The van der Waals surface area contributed by atoms with Crippen molar-refractivity contribution in [3.8, 4) is 0 Å². The first kappa shape index (κ1) is 11.4. The van der Waals surface area contributed by atoms with Crippen LogP contribution in [0.1, 0.15) is 19.8 Å². The monoisotopic (exact) mass is 242 g/mol. The van der Waals surface area contributed by atoms with Gasteiger partial charge in [0.05, 0.1) is 5.52 Å². The lowest BCUT2D eigenvalue weighted by atomic mass is 10.0. The van der Waals surface area contributed by atoms with Crippen molar-refractivity contribution in [1.82, 2.24) is 15.3 Å². The molecule has 0 amide bonds. The van der Waals surface area contributed by atoms with Gasteiger partial charge in [-0.15, -0.1) is 0 Å². The highest BCUT2D eigenvalue weighted by Gasteiger charge is 2.21. The summed E-state index contributed by atoms with van der Waals surface area (Å²) in [6, 6.07) is 8.94. The van der Waals surface area contributed by atoms with Gasteiger partial charge >= 0.3 is 0 Å². The van der Waals surface area contributed by atoms with Gasteiger partial charge in [0.15, 0.2) is 0 Å². The topological polar surface area (TPSA) is 49.8 Å². The molecule has 3 rings (SSSR count). The van der Waals surface area contributed by atoms with E-state index in [-0.39, 0.29) is 0 Å². The summed E-state index contributed by atoms with van der Waals surface area (Å²) in [5.74, 6) is 0.731. The van der Waals surface area contributed by atoms with Gasteiger partial charge in [-0.2, -0.15) is 0 Å². The lowest BCUT2D eigenvalue weighted by molar-refractivity contribution is 0.388. The van der Waals surface area contributed by atoms with Crippen molar-refractivity contribution in [3.05, 3.63) is 30.5 Å². The maximum Gasteiger partial charge on any atom is 0.223 e. The van der Waals surface area contributed by atoms with Crippen LogP contribution in [-0.2, 0) is 0 Å². The van der Waals surface area contributed by atoms with Crippen LogP contribution in [0.2, 0.25) is 0 Å². The SMILES string of the molecule is CC1NCCCC1Nc1ncc2ccccc2n1. The van der Waals surface area contributed by atoms with Crippen LogP contribution in [-0.4, -0.2) is 28.6 Å². The Morgan fingerprint density at radius 2 is 2.22 bits per heavy atom. The standard InChI is InChI=1S/C14H18N4/c1-10-12(7-4-8-15-10)17-14-16-9-11-5-2-3-6-13(11)18-14/h2-3,5-6,9-10,12,15H,4,7-8H2,1H3,(H,16,17,18). The second-order valence-corrected chi connectivity index (χ2v) is 4.89. The maximum atomic E-state index is 4.55. The van der Waals surface area contributed by atoms with Gasteiger partial charge in [0.25, 0.3) is 0 Å². The molecule has 2 heterocycles. The largest absolute Gasteiger partial charge is 0.350 e. The van der Waals surface area contributed by atoms with E-state index in [1.54, 1.807) is 0 Å². The summed E-state index contributed by atoms with van der Waals surface area (Å²) in [7, 11) is 0. The zero-order valence-electron chi connectivity index (χ0n) is 10.6. The van der Waals surface area contributed by atoms with Gasteiger partial charge in [0, 0.05) is 23.7 Å². The predicted molar refractivity (Wildman–Crippen MR) is 73.6 cm³/mol. The fourth-order valence-electron chi connectivity index (χ4n) is 2.45. The van der Waals surface area contributed by atoms with Crippen LogP contribution < -0.4 is 10.6 Å². The van der Waals surface area contributed by atoms with Crippen LogP contribution >= 0.6 is 0 Å². The molecular formula is C14H18N4. The molecule has 18 heavy (non-hydrogen) atoms. The number of aromatic nitrogens is 2. The van der Waals surface area contributed by atoms with Crippen molar-refractivity contribution in [2.45, 2.75) is 31.8 Å². The van der Waals surface area contributed by atoms with E-state index in [0.717, 1.165) is 23.4 Å². The first-order valence-corrected chi connectivity index (χ1v) is 6.54. The van der Waals surface area contributed by atoms with E-state index in [0.29, 0.717) is 12.1 Å². The molecule has 4 heteroatoms.